The van der Waals surface area contributed by atoms with E-state index in [9.17, 15) is 4.79 Å². The standard InChI is InChI=1S/C23H29N3O4/c1-28-20-12-19(13-21(14-20)29-2)24-23(27)16-26-8-6-25(7-9-26)15-17-3-4-22-18(11-17)5-10-30-22/h3-4,11-14H,5-10,15-16H2,1-2H3,(H,24,27). The lowest BCUT2D eigenvalue weighted by atomic mass is 10.1. The molecule has 0 aliphatic carbocycles. The average molecular weight is 412 g/mol. The molecule has 2 aliphatic rings. The molecule has 2 aliphatic heterocycles. The minimum absolute atomic E-state index is 0.0302. The van der Waals surface area contributed by atoms with Crippen molar-refractivity contribution in [3.63, 3.8) is 0 Å². The van der Waals surface area contributed by atoms with Crippen LogP contribution in [0.2, 0.25) is 0 Å². The Hall–Kier alpha value is -2.77. The quantitative estimate of drug-likeness (QED) is 0.755. The topological polar surface area (TPSA) is 63.3 Å². The Morgan fingerprint density at radius 1 is 1.00 bits per heavy atom. The van der Waals surface area contributed by atoms with E-state index in [2.05, 4.69) is 33.3 Å². The fraction of sp³-hybridized carbons (Fsp3) is 0.435. The van der Waals surface area contributed by atoms with Gasteiger partial charge in [0.1, 0.15) is 17.2 Å². The summed E-state index contributed by atoms with van der Waals surface area (Å²) in [4.78, 5) is 17.1. The number of methoxy groups -OCH3 is 2. The van der Waals surface area contributed by atoms with Crippen LogP contribution in [0.5, 0.6) is 17.2 Å². The summed E-state index contributed by atoms with van der Waals surface area (Å²) in [5.41, 5.74) is 3.32. The molecule has 0 radical (unpaired) electrons. The van der Waals surface area contributed by atoms with Crippen LogP contribution in [0.3, 0.4) is 0 Å². The zero-order valence-corrected chi connectivity index (χ0v) is 17.6. The van der Waals surface area contributed by atoms with Crippen LogP contribution in [-0.2, 0) is 17.8 Å². The molecule has 2 heterocycles. The first-order valence-corrected chi connectivity index (χ1v) is 10.3. The molecule has 160 valence electrons. The van der Waals surface area contributed by atoms with Crippen LogP contribution in [0.1, 0.15) is 11.1 Å². The first-order valence-electron chi connectivity index (χ1n) is 10.3. The number of hydrogen-bond donors (Lipinski definition) is 1. The molecule has 2 aromatic rings. The number of nitrogens with zero attached hydrogens (tertiary/aromatic N) is 2. The number of rotatable bonds is 7. The molecule has 7 nitrogen and oxygen atoms in total. The highest BCUT2D eigenvalue weighted by Crippen LogP contribution is 2.27. The molecule has 0 aromatic heterocycles. The summed E-state index contributed by atoms with van der Waals surface area (Å²) >= 11 is 0. The van der Waals surface area contributed by atoms with Gasteiger partial charge in [-0.05, 0) is 17.2 Å². The molecular formula is C23H29N3O4. The third kappa shape index (κ3) is 5.04. The molecule has 2 aromatic carbocycles. The van der Waals surface area contributed by atoms with Gasteiger partial charge in [0.2, 0.25) is 5.91 Å². The summed E-state index contributed by atoms with van der Waals surface area (Å²) in [6.07, 6.45) is 1.01. The van der Waals surface area contributed by atoms with Crippen molar-refractivity contribution in [3.8, 4) is 17.2 Å². The number of carbonyl (C=O) groups excluding carboxylic acids is 1. The fourth-order valence-electron chi connectivity index (χ4n) is 3.99. The third-order valence-electron chi connectivity index (χ3n) is 5.63. The lowest BCUT2D eigenvalue weighted by molar-refractivity contribution is -0.117. The van der Waals surface area contributed by atoms with Gasteiger partial charge in [0.15, 0.2) is 0 Å². The third-order valence-corrected chi connectivity index (χ3v) is 5.63. The zero-order chi connectivity index (χ0) is 20.9. The number of ether oxygens (including phenoxy) is 3. The van der Waals surface area contributed by atoms with Gasteiger partial charge in [-0.1, -0.05) is 12.1 Å². The smallest absolute Gasteiger partial charge is 0.238 e. The second kappa shape index (κ2) is 9.36. The summed E-state index contributed by atoms with van der Waals surface area (Å²) in [6, 6.07) is 11.9. The molecule has 30 heavy (non-hydrogen) atoms. The van der Waals surface area contributed by atoms with Crippen LogP contribution < -0.4 is 19.5 Å². The van der Waals surface area contributed by atoms with Crippen LogP contribution in [0, 0.1) is 0 Å². The van der Waals surface area contributed by atoms with Gasteiger partial charge in [0.25, 0.3) is 0 Å². The predicted octanol–water partition coefficient (Wildman–Crippen LogP) is 2.39. The summed E-state index contributed by atoms with van der Waals surface area (Å²) in [5, 5.41) is 2.95. The minimum Gasteiger partial charge on any atom is -0.497 e. The Bertz CT molecular complexity index is 872. The van der Waals surface area contributed by atoms with E-state index in [-0.39, 0.29) is 5.91 Å². The maximum absolute atomic E-state index is 12.5. The summed E-state index contributed by atoms with van der Waals surface area (Å²) in [7, 11) is 3.19. The Morgan fingerprint density at radius 3 is 2.40 bits per heavy atom. The molecule has 1 N–H and O–H groups in total. The number of hydrogen-bond acceptors (Lipinski definition) is 6. The first kappa shape index (κ1) is 20.5. The number of carbonyl (C=O) groups is 1. The van der Waals surface area contributed by atoms with Gasteiger partial charge in [-0.2, -0.15) is 0 Å². The lowest BCUT2D eigenvalue weighted by Crippen LogP contribution is -2.48. The molecule has 1 fully saturated rings. The van der Waals surface area contributed by atoms with E-state index in [1.54, 1.807) is 32.4 Å². The molecule has 7 heteroatoms. The number of anilines is 1. The van der Waals surface area contributed by atoms with E-state index < -0.39 is 0 Å². The number of amides is 1. The Morgan fingerprint density at radius 2 is 1.70 bits per heavy atom. The maximum Gasteiger partial charge on any atom is 0.238 e. The van der Waals surface area contributed by atoms with Crippen molar-refractivity contribution in [2.75, 3.05) is 58.9 Å². The van der Waals surface area contributed by atoms with E-state index in [1.165, 1.54) is 11.1 Å². The van der Waals surface area contributed by atoms with Gasteiger partial charge < -0.3 is 19.5 Å². The monoisotopic (exact) mass is 411 g/mol. The van der Waals surface area contributed by atoms with Crippen LogP contribution in [0.15, 0.2) is 36.4 Å². The highest BCUT2D eigenvalue weighted by Gasteiger charge is 2.20. The lowest BCUT2D eigenvalue weighted by Gasteiger charge is -2.34. The minimum atomic E-state index is -0.0302. The zero-order valence-electron chi connectivity index (χ0n) is 17.6. The summed E-state index contributed by atoms with van der Waals surface area (Å²) in [6.45, 7) is 5.77. The van der Waals surface area contributed by atoms with Crippen molar-refractivity contribution in [3.05, 3.63) is 47.5 Å². The Kier molecular flexibility index (Phi) is 6.40. The maximum atomic E-state index is 12.5. The number of nitrogens with one attached hydrogen (secondary N) is 1. The second-order valence-electron chi connectivity index (χ2n) is 7.74. The van der Waals surface area contributed by atoms with E-state index in [4.69, 9.17) is 14.2 Å². The normalized spacial score (nSPS) is 16.6. The van der Waals surface area contributed by atoms with Crippen molar-refractivity contribution < 1.29 is 19.0 Å². The van der Waals surface area contributed by atoms with Gasteiger partial charge >= 0.3 is 0 Å². The molecule has 0 bridgehead atoms. The van der Waals surface area contributed by atoms with Crippen LogP contribution >= 0.6 is 0 Å². The Balaban J connectivity index is 1.25. The van der Waals surface area contributed by atoms with E-state index >= 15 is 0 Å². The summed E-state index contributed by atoms with van der Waals surface area (Å²) in [5.74, 6) is 2.30. The molecule has 1 amide bonds. The molecule has 0 unspecified atom stereocenters. The van der Waals surface area contributed by atoms with E-state index in [0.29, 0.717) is 23.7 Å². The predicted molar refractivity (Wildman–Crippen MR) is 116 cm³/mol. The van der Waals surface area contributed by atoms with E-state index in [0.717, 1.165) is 51.5 Å². The van der Waals surface area contributed by atoms with E-state index in [1.807, 2.05) is 0 Å². The highest BCUT2D eigenvalue weighted by atomic mass is 16.5. The molecular weight excluding hydrogens is 382 g/mol. The molecule has 0 atom stereocenters. The van der Waals surface area contributed by atoms with Gasteiger partial charge in [-0.15, -0.1) is 0 Å². The first-order chi connectivity index (χ1) is 14.6. The summed E-state index contributed by atoms with van der Waals surface area (Å²) < 4.78 is 16.1. The van der Waals surface area contributed by atoms with Crippen molar-refractivity contribution in [2.45, 2.75) is 13.0 Å². The number of piperazine rings is 1. The van der Waals surface area contributed by atoms with Gasteiger partial charge in [-0.3, -0.25) is 14.6 Å². The van der Waals surface area contributed by atoms with Crippen molar-refractivity contribution in [1.82, 2.24) is 9.80 Å². The van der Waals surface area contributed by atoms with Gasteiger partial charge in [-0.25, -0.2) is 0 Å². The van der Waals surface area contributed by atoms with Crippen LogP contribution in [0.25, 0.3) is 0 Å². The van der Waals surface area contributed by atoms with Gasteiger partial charge in [0.05, 0.1) is 27.4 Å². The second-order valence-corrected chi connectivity index (χ2v) is 7.74. The SMILES string of the molecule is COc1cc(NC(=O)CN2CCN(Cc3ccc4c(c3)CCO4)CC2)cc(OC)c1. The van der Waals surface area contributed by atoms with Crippen LogP contribution in [-0.4, -0.2) is 69.3 Å². The molecule has 0 saturated carbocycles. The fourth-order valence-corrected chi connectivity index (χ4v) is 3.99. The largest absolute Gasteiger partial charge is 0.497 e. The molecule has 0 spiro atoms. The highest BCUT2D eigenvalue weighted by molar-refractivity contribution is 5.92. The van der Waals surface area contributed by atoms with Crippen LogP contribution in [0.4, 0.5) is 5.69 Å². The van der Waals surface area contributed by atoms with Crippen molar-refractivity contribution in [2.24, 2.45) is 0 Å². The van der Waals surface area contributed by atoms with Crippen molar-refractivity contribution in [1.29, 1.82) is 0 Å². The number of fused-ring (bicyclic) bond motifs is 1. The van der Waals surface area contributed by atoms with Gasteiger partial charge in [0, 0.05) is 63.0 Å². The number of benzene rings is 2. The van der Waals surface area contributed by atoms with Crippen molar-refractivity contribution >= 4 is 11.6 Å². The molecule has 4 rings (SSSR count). The molecule has 1 saturated heterocycles. The Labute approximate surface area is 177 Å². The average Bonchev–Trinajstić information content (AvgIpc) is 3.22.